The van der Waals surface area contributed by atoms with Crippen LogP contribution in [-0.2, 0) is 0 Å². The number of ether oxygens (including phenoxy) is 1. The van der Waals surface area contributed by atoms with Crippen LogP contribution in [0.5, 0.6) is 5.75 Å². The highest BCUT2D eigenvalue weighted by atomic mass is 16.5. The lowest BCUT2D eigenvalue weighted by atomic mass is 10.1. The highest BCUT2D eigenvalue weighted by Crippen LogP contribution is 2.36. The molecule has 1 N–H and O–H groups in total. The number of benzene rings is 1. The third kappa shape index (κ3) is 2.65. The zero-order chi connectivity index (χ0) is 13.2. The van der Waals surface area contributed by atoms with E-state index >= 15 is 0 Å². The normalized spacial score (nSPS) is 16.3. The highest BCUT2D eigenvalue weighted by molar-refractivity contribution is 5.92. The lowest BCUT2D eigenvalue weighted by molar-refractivity contribution is 0.415. The Morgan fingerprint density at radius 2 is 2.21 bits per heavy atom. The SMILES string of the molecule is COc1ccc2c(NCC(C)C3CC3)nccc2c1. The van der Waals surface area contributed by atoms with E-state index in [4.69, 9.17) is 4.74 Å². The second-order valence-electron chi connectivity index (χ2n) is 5.44. The van der Waals surface area contributed by atoms with Crippen LogP contribution in [0.15, 0.2) is 30.5 Å². The number of methoxy groups -OCH3 is 1. The van der Waals surface area contributed by atoms with Crippen LogP contribution in [0.4, 0.5) is 5.82 Å². The first-order chi connectivity index (χ1) is 9.28. The first kappa shape index (κ1) is 12.3. The van der Waals surface area contributed by atoms with Gasteiger partial charge in [-0.3, -0.25) is 0 Å². The molecule has 1 aliphatic carbocycles. The molecule has 1 saturated carbocycles. The Kier molecular flexibility index (Phi) is 3.28. The van der Waals surface area contributed by atoms with Crippen LogP contribution in [0, 0.1) is 11.8 Å². The topological polar surface area (TPSA) is 34.1 Å². The second kappa shape index (κ2) is 5.08. The molecule has 3 nitrogen and oxygen atoms in total. The summed E-state index contributed by atoms with van der Waals surface area (Å²) in [4.78, 5) is 4.46. The van der Waals surface area contributed by atoms with E-state index in [0.29, 0.717) is 0 Å². The van der Waals surface area contributed by atoms with E-state index in [0.717, 1.165) is 40.7 Å². The molecule has 0 amide bonds. The summed E-state index contributed by atoms with van der Waals surface area (Å²) in [5, 5.41) is 5.82. The Hall–Kier alpha value is -1.77. The molecule has 1 aliphatic rings. The quantitative estimate of drug-likeness (QED) is 0.885. The third-order valence-corrected chi connectivity index (χ3v) is 3.99. The number of anilines is 1. The molecular weight excluding hydrogens is 236 g/mol. The monoisotopic (exact) mass is 256 g/mol. The van der Waals surface area contributed by atoms with Crippen LogP contribution < -0.4 is 10.1 Å². The van der Waals surface area contributed by atoms with Gasteiger partial charge in [-0.2, -0.15) is 0 Å². The lowest BCUT2D eigenvalue weighted by Crippen LogP contribution is -2.13. The molecule has 2 aromatic rings. The van der Waals surface area contributed by atoms with Gasteiger partial charge in [0.05, 0.1) is 7.11 Å². The summed E-state index contributed by atoms with van der Waals surface area (Å²) in [6.45, 7) is 3.32. The van der Waals surface area contributed by atoms with Crippen molar-refractivity contribution in [3.05, 3.63) is 30.5 Å². The average molecular weight is 256 g/mol. The van der Waals surface area contributed by atoms with E-state index in [1.807, 2.05) is 24.4 Å². The summed E-state index contributed by atoms with van der Waals surface area (Å²) in [6.07, 6.45) is 4.64. The maximum atomic E-state index is 5.26. The maximum absolute atomic E-state index is 5.26. The first-order valence-corrected chi connectivity index (χ1v) is 6.94. The number of aromatic nitrogens is 1. The molecule has 19 heavy (non-hydrogen) atoms. The molecule has 0 aliphatic heterocycles. The Bertz CT molecular complexity index is 578. The maximum Gasteiger partial charge on any atom is 0.133 e. The standard InChI is InChI=1S/C16H20N2O/c1-11(12-3-4-12)10-18-16-15-6-5-14(19-2)9-13(15)7-8-17-16/h5-9,11-12H,3-4,10H2,1-2H3,(H,17,18). The molecule has 1 aromatic carbocycles. The van der Waals surface area contributed by atoms with Crippen molar-refractivity contribution in [3.8, 4) is 5.75 Å². The van der Waals surface area contributed by atoms with E-state index in [1.165, 1.54) is 12.8 Å². The van der Waals surface area contributed by atoms with Gasteiger partial charge in [0.2, 0.25) is 0 Å². The second-order valence-corrected chi connectivity index (χ2v) is 5.44. The summed E-state index contributed by atoms with van der Waals surface area (Å²) >= 11 is 0. The van der Waals surface area contributed by atoms with Crippen LogP contribution in [0.2, 0.25) is 0 Å². The number of hydrogen-bond donors (Lipinski definition) is 1. The highest BCUT2D eigenvalue weighted by Gasteiger charge is 2.27. The zero-order valence-electron chi connectivity index (χ0n) is 11.5. The predicted octanol–water partition coefficient (Wildman–Crippen LogP) is 3.70. The molecule has 0 radical (unpaired) electrons. The summed E-state index contributed by atoms with van der Waals surface area (Å²) in [6, 6.07) is 8.13. The van der Waals surface area contributed by atoms with Crippen molar-refractivity contribution in [3.63, 3.8) is 0 Å². The van der Waals surface area contributed by atoms with Gasteiger partial charge in [-0.05, 0) is 54.3 Å². The fourth-order valence-electron chi connectivity index (χ4n) is 2.51. The molecule has 1 heterocycles. The van der Waals surface area contributed by atoms with Crippen molar-refractivity contribution in [2.45, 2.75) is 19.8 Å². The number of hydrogen-bond acceptors (Lipinski definition) is 3. The molecular formula is C16H20N2O. The molecule has 1 fully saturated rings. The minimum absolute atomic E-state index is 0.732. The molecule has 0 saturated heterocycles. The largest absolute Gasteiger partial charge is 0.497 e. The van der Waals surface area contributed by atoms with Crippen LogP contribution in [-0.4, -0.2) is 18.6 Å². The van der Waals surface area contributed by atoms with Gasteiger partial charge in [0.25, 0.3) is 0 Å². The minimum atomic E-state index is 0.732. The Morgan fingerprint density at radius 3 is 2.95 bits per heavy atom. The minimum Gasteiger partial charge on any atom is -0.497 e. The molecule has 3 heteroatoms. The third-order valence-electron chi connectivity index (χ3n) is 3.99. The summed E-state index contributed by atoms with van der Waals surface area (Å²) in [5.74, 6) is 3.52. The van der Waals surface area contributed by atoms with Crippen LogP contribution in [0.25, 0.3) is 10.8 Å². The summed E-state index contributed by atoms with van der Waals surface area (Å²) < 4.78 is 5.26. The number of rotatable bonds is 5. The van der Waals surface area contributed by atoms with Crippen LogP contribution >= 0.6 is 0 Å². The van der Waals surface area contributed by atoms with Crippen molar-refractivity contribution in [2.75, 3.05) is 19.0 Å². The Labute approximate surface area is 114 Å². The van der Waals surface area contributed by atoms with Gasteiger partial charge in [-0.15, -0.1) is 0 Å². The molecule has 0 spiro atoms. The summed E-state index contributed by atoms with van der Waals surface area (Å²) in [7, 11) is 1.69. The van der Waals surface area contributed by atoms with E-state index in [9.17, 15) is 0 Å². The predicted molar refractivity (Wildman–Crippen MR) is 78.7 cm³/mol. The van der Waals surface area contributed by atoms with Gasteiger partial charge in [0.15, 0.2) is 0 Å². The zero-order valence-corrected chi connectivity index (χ0v) is 11.5. The first-order valence-electron chi connectivity index (χ1n) is 6.94. The van der Waals surface area contributed by atoms with Crippen molar-refractivity contribution in [1.82, 2.24) is 4.98 Å². The van der Waals surface area contributed by atoms with E-state index in [1.54, 1.807) is 7.11 Å². The van der Waals surface area contributed by atoms with Gasteiger partial charge in [0, 0.05) is 18.1 Å². The van der Waals surface area contributed by atoms with Crippen molar-refractivity contribution in [1.29, 1.82) is 0 Å². The van der Waals surface area contributed by atoms with E-state index in [2.05, 4.69) is 23.3 Å². The Balaban J connectivity index is 1.82. The smallest absolute Gasteiger partial charge is 0.133 e. The molecule has 3 rings (SSSR count). The van der Waals surface area contributed by atoms with E-state index < -0.39 is 0 Å². The number of nitrogens with one attached hydrogen (secondary N) is 1. The van der Waals surface area contributed by atoms with Crippen molar-refractivity contribution in [2.24, 2.45) is 11.8 Å². The average Bonchev–Trinajstić information content (AvgIpc) is 3.28. The van der Waals surface area contributed by atoms with Gasteiger partial charge in [-0.25, -0.2) is 4.98 Å². The lowest BCUT2D eigenvalue weighted by Gasteiger charge is -2.13. The molecule has 1 atom stereocenters. The van der Waals surface area contributed by atoms with Crippen molar-refractivity contribution >= 4 is 16.6 Å². The fourth-order valence-corrected chi connectivity index (χ4v) is 2.51. The van der Waals surface area contributed by atoms with E-state index in [-0.39, 0.29) is 0 Å². The number of fused-ring (bicyclic) bond motifs is 1. The van der Waals surface area contributed by atoms with Gasteiger partial charge in [-0.1, -0.05) is 6.92 Å². The molecule has 100 valence electrons. The number of pyridine rings is 1. The van der Waals surface area contributed by atoms with Gasteiger partial charge >= 0.3 is 0 Å². The molecule has 0 bridgehead atoms. The Morgan fingerprint density at radius 1 is 1.37 bits per heavy atom. The van der Waals surface area contributed by atoms with Gasteiger partial charge < -0.3 is 10.1 Å². The van der Waals surface area contributed by atoms with Crippen LogP contribution in [0.1, 0.15) is 19.8 Å². The number of nitrogens with zero attached hydrogens (tertiary/aromatic N) is 1. The molecule has 1 aromatic heterocycles. The molecule has 1 unspecified atom stereocenters. The fraction of sp³-hybridized carbons (Fsp3) is 0.438. The van der Waals surface area contributed by atoms with Gasteiger partial charge in [0.1, 0.15) is 11.6 Å². The van der Waals surface area contributed by atoms with Crippen LogP contribution in [0.3, 0.4) is 0 Å². The van der Waals surface area contributed by atoms with Crippen molar-refractivity contribution < 1.29 is 4.74 Å². The summed E-state index contributed by atoms with van der Waals surface area (Å²) in [5.41, 5.74) is 0.